The van der Waals surface area contributed by atoms with E-state index in [1.165, 1.54) is 0 Å². The van der Waals surface area contributed by atoms with Gasteiger partial charge < -0.3 is 9.47 Å². The highest BCUT2D eigenvalue weighted by molar-refractivity contribution is 5.79. The Hall–Kier alpha value is -1.58. The van der Waals surface area contributed by atoms with Gasteiger partial charge in [-0.3, -0.25) is 9.59 Å². The lowest BCUT2D eigenvalue weighted by Gasteiger charge is -2.11. The molecule has 4 heteroatoms. The van der Waals surface area contributed by atoms with Crippen LogP contribution in [0.15, 0.2) is 24.3 Å². The molecule has 0 N–H and O–H groups in total. The molecule has 0 rings (SSSR count). The number of rotatable bonds is 7. The molecule has 0 aliphatic rings. The van der Waals surface area contributed by atoms with E-state index in [0.29, 0.717) is 0 Å². The smallest absolute Gasteiger partial charge is 0.309 e. The molecule has 96 valence electrons. The summed E-state index contributed by atoms with van der Waals surface area (Å²) >= 11 is 0. The number of ether oxygens (including phenoxy) is 2. The van der Waals surface area contributed by atoms with Crippen LogP contribution in [-0.2, 0) is 19.1 Å². The van der Waals surface area contributed by atoms with Crippen molar-refractivity contribution in [1.82, 2.24) is 0 Å². The molecule has 0 saturated heterocycles. The van der Waals surface area contributed by atoms with Gasteiger partial charge in [0, 0.05) is 0 Å². The molecule has 0 aromatic rings. The first-order valence-corrected chi connectivity index (χ1v) is 5.44. The van der Waals surface area contributed by atoms with Gasteiger partial charge in [-0.1, -0.05) is 20.1 Å². The second-order valence-electron chi connectivity index (χ2n) is 4.29. The molecule has 0 bridgehead atoms. The van der Waals surface area contributed by atoms with Gasteiger partial charge in [-0.15, -0.1) is 0 Å². The summed E-state index contributed by atoms with van der Waals surface area (Å²) in [5, 5.41) is 0. The largest absolute Gasteiger partial charge is 0.461 e. The van der Waals surface area contributed by atoms with Crippen molar-refractivity contribution in [3.63, 3.8) is 0 Å². The maximum Gasteiger partial charge on any atom is 0.309 e. The van der Waals surface area contributed by atoms with E-state index in [2.05, 4.69) is 13.2 Å². The summed E-state index contributed by atoms with van der Waals surface area (Å²) in [7, 11) is 0. The summed E-state index contributed by atoms with van der Waals surface area (Å²) in [5.74, 6) is -1.35. The zero-order valence-corrected chi connectivity index (χ0v) is 10.7. The van der Waals surface area contributed by atoms with E-state index in [0.717, 1.165) is 11.1 Å². The minimum absolute atomic E-state index is 0.0162. The van der Waals surface area contributed by atoms with Crippen molar-refractivity contribution in [2.75, 3.05) is 13.2 Å². The molecule has 0 amide bonds. The van der Waals surface area contributed by atoms with E-state index >= 15 is 0 Å². The quantitative estimate of drug-likeness (QED) is 0.506. The van der Waals surface area contributed by atoms with E-state index in [1.807, 2.05) is 0 Å². The molecule has 1 unspecified atom stereocenters. The van der Waals surface area contributed by atoms with Gasteiger partial charge in [0.2, 0.25) is 0 Å². The highest BCUT2D eigenvalue weighted by atomic mass is 16.5. The minimum Gasteiger partial charge on any atom is -0.461 e. The maximum atomic E-state index is 11.4. The Balaban J connectivity index is 3.94. The Morgan fingerprint density at radius 1 is 1.06 bits per heavy atom. The van der Waals surface area contributed by atoms with Crippen molar-refractivity contribution >= 4 is 11.9 Å². The van der Waals surface area contributed by atoms with Crippen LogP contribution in [0.1, 0.15) is 27.2 Å². The van der Waals surface area contributed by atoms with Crippen LogP contribution in [0.3, 0.4) is 0 Å². The molecule has 0 radical (unpaired) electrons. The Bertz CT molecular complexity index is 317. The first kappa shape index (κ1) is 15.4. The number of carbonyl (C=O) groups is 2. The molecule has 0 aromatic carbocycles. The summed E-state index contributed by atoms with van der Waals surface area (Å²) in [6.07, 6.45) is 0.0162. The van der Waals surface area contributed by atoms with Crippen LogP contribution >= 0.6 is 0 Å². The lowest BCUT2D eigenvalue weighted by atomic mass is 10.1. The molecule has 0 aliphatic carbocycles. The first-order valence-electron chi connectivity index (χ1n) is 5.44. The molecule has 17 heavy (non-hydrogen) atoms. The molecule has 0 fully saturated rings. The van der Waals surface area contributed by atoms with Gasteiger partial charge in [0.1, 0.15) is 13.2 Å². The predicted molar refractivity (Wildman–Crippen MR) is 65.3 cm³/mol. The summed E-state index contributed by atoms with van der Waals surface area (Å²) in [6.45, 7) is 12.8. The Morgan fingerprint density at radius 2 is 1.53 bits per heavy atom. The minimum atomic E-state index is -0.507. The maximum absolute atomic E-state index is 11.4. The van der Waals surface area contributed by atoms with Crippen molar-refractivity contribution in [3.8, 4) is 0 Å². The summed E-state index contributed by atoms with van der Waals surface area (Å²) in [4.78, 5) is 22.7. The van der Waals surface area contributed by atoms with Crippen molar-refractivity contribution in [3.05, 3.63) is 24.3 Å². The van der Waals surface area contributed by atoms with Crippen LogP contribution in [0.4, 0.5) is 0 Å². The second-order valence-corrected chi connectivity index (χ2v) is 4.29. The summed E-state index contributed by atoms with van der Waals surface area (Å²) < 4.78 is 9.81. The summed E-state index contributed by atoms with van der Waals surface area (Å²) in [5.41, 5.74) is 1.52. The van der Waals surface area contributed by atoms with E-state index in [-0.39, 0.29) is 19.6 Å². The average Bonchev–Trinajstić information content (AvgIpc) is 2.22. The molecular weight excluding hydrogens is 220 g/mol. The third-order valence-corrected chi connectivity index (χ3v) is 1.82. The molecule has 0 heterocycles. The van der Waals surface area contributed by atoms with Crippen molar-refractivity contribution in [2.24, 2.45) is 5.92 Å². The molecule has 0 aliphatic heterocycles. The number of hydrogen-bond acceptors (Lipinski definition) is 4. The Kier molecular flexibility index (Phi) is 6.94. The monoisotopic (exact) mass is 240 g/mol. The van der Waals surface area contributed by atoms with Gasteiger partial charge in [-0.05, 0) is 25.0 Å². The lowest BCUT2D eigenvalue weighted by Crippen LogP contribution is -2.20. The van der Waals surface area contributed by atoms with E-state index in [4.69, 9.17) is 9.47 Å². The SMILES string of the molecule is C=C(C)COC(=O)CC(C)C(=O)OCC(=C)C. The van der Waals surface area contributed by atoms with Crippen LogP contribution in [-0.4, -0.2) is 25.2 Å². The standard InChI is InChI=1S/C13H20O4/c1-9(2)7-16-12(14)6-11(5)13(15)17-8-10(3)4/h11H,1,3,6-8H2,2,4-5H3. The van der Waals surface area contributed by atoms with Gasteiger partial charge >= 0.3 is 11.9 Å². The molecule has 0 spiro atoms. The van der Waals surface area contributed by atoms with Gasteiger partial charge in [0.05, 0.1) is 12.3 Å². The molecule has 1 atom stereocenters. The van der Waals surface area contributed by atoms with Crippen LogP contribution in [0, 0.1) is 5.92 Å². The van der Waals surface area contributed by atoms with Crippen LogP contribution < -0.4 is 0 Å². The average molecular weight is 240 g/mol. The normalized spacial score (nSPS) is 11.5. The fraction of sp³-hybridized carbons (Fsp3) is 0.538. The van der Waals surface area contributed by atoms with Crippen LogP contribution in [0.5, 0.6) is 0 Å². The van der Waals surface area contributed by atoms with E-state index in [1.54, 1.807) is 20.8 Å². The predicted octanol–water partition coefficient (Wildman–Crippen LogP) is 2.25. The first-order chi connectivity index (χ1) is 7.82. The molecular formula is C13H20O4. The molecule has 0 aromatic heterocycles. The van der Waals surface area contributed by atoms with Crippen molar-refractivity contribution < 1.29 is 19.1 Å². The molecule has 0 saturated carbocycles. The number of esters is 2. The van der Waals surface area contributed by atoms with Crippen LogP contribution in [0.2, 0.25) is 0 Å². The van der Waals surface area contributed by atoms with Crippen LogP contribution in [0.25, 0.3) is 0 Å². The third-order valence-electron chi connectivity index (χ3n) is 1.82. The van der Waals surface area contributed by atoms with Crippen molar-refractivity contribution in [2.45, 2.75) is 27.2 Å². The topological polar surface area (TPSA) is 52.6 Å². The zero-order valence-electron chi connectivity index (χ0n) is 10.7. The second kappa shape index (κ2) is 7.65. The van der Waals surface area contributed by atoms with Gasteiger partial charge in [-0.2, -0.15) is 0 Å². The Labute approximate surface area is 102 Å². The third kappa shape index (κ3) is 8.25. The van der Waals surface area contributed by atoms with Gasteiger partial charge in [0.15, 0.2) is 0 Å². The fourth-order valence-electron chi connectivity index (χ4n) is 0.933. The lowest BCUT2D eigenvalue weighted by molar-refractivity contribution is -0.153. The van der Waals surface area contributed by atoms with E-state index < -0.39 is 17.9 Å². The zero-order chi connectivity index (χ0) is 13.4. The Morgan fingerprint density at radius 3 is 2.00 bits per heavy atom. The number of carbonyl (C=O) groups excluding carboxylic acids is 2. The molecule has 4 nitrogen and oxygen atoms in total. The number of hydrogen-bond donors (Lipinski definition) is 0. The van der Waals surface area contributed by atoms with E-state index in [9.17, 15) is 9.59 Å². The van der Waals surface area contributed by atoms with Crippen molar-refractivity contribution in [1.29, 1.82) is 0 Å². The fourth-order valence-corrected chi connectivity index (χ4v) is 0.933. The van der Waals surface area contributed by atoms with Gasteiger partial charge in [-0.25, -0.2) is 0 Å². The highest BCUT2D eigenvalue weighted by Crippen LogP contribution is 2.07. The van der Waals surface area contributed by atoms with Gasteiger partial charge in [0.25, 0.3) is 0 Å². The summed E-state index contributed by atoms with van der Waals surface area (Å²) in [6, 6.07) is 0. The highest BCUT2D eigenvalue weighted by Gasteiger charge is 2.19.